The van der Waals surface area contributed by atoms with Crippen molar-refractivity contribution in [1.29, 1.82) is 0 Å². The topological polar surface area (TPSA) is 6.48 Å². The molecule has 2 aromatic rings. The van der Waals surface area contributed by atoms with Crippen LogP contribution in [0.3, 0.4) is 0 Å². The average Bonchev–Trinajstić information content (AvgIpc) is 2.52. The summed E-state index contributed by atoms with van der Waals surface area (Å²) in [5.41, 5.74) is 2.20. The van der Waals surface area contributed by atoms with Crippen molar-refractivity contribution < 1.29 is 8.78 Å². The third-order valence-corrected chi connectivity index (χ3v) is 5.08. The van der Waals surface area contributed by atoms with Gasteiger partial charge in [-0.2, -0.15) is 0 Å². The molecule has 0 amide bonds. The fraction of sp³-hybridized carbons (Fsp3) is 0.250. The molecule has 22 heavy (non-hydrogen) atoms. The monoisotopic (exact) mass is 384 g/mol. The first-order valence-corrected chi connectivity index (χ1v) is 8.86. The zero-order valence-electron chi connectivity index (χ0n) is 11.8. The van der Waals surface area contributed by atoms with Crippen LogP contribution in [0.25, 0.3) is 0 Å². The van der Waals surface area contributed by atoms with E-state index in [2.05, 4.69) is 20.2 Å². The number of anilines is 2. The lowest BCUT2D eigenvalue weighted by Crippen LogP contribution is -2.29. The van der Waals surface area contributed by atoms with Gasteiger partial charge in [-0.15, -0.1) is 0 Å². The second-order valence-electron chi connectivity index (χ2n) is 5.01. The molecule has 0 aliphatic carbocycles. The minimum atomic E-state index is -0.285. The standard InChI is InChI=1S/C16H15BrF2N2S/c17-8-3-9-20-11-12-10-13(18)6-7-15(12)21(22-20)16-5-2-1-4-14(16)19/h1-2,4-7,10H,3,8-9,11H2. The third kappa shape index (κ3) is 3.29. The Kier molecular flexibility index (Phi) is 5.00. The molecule has 116 valence electrons. The van der Waals surface area contributed by atoms with Gasteiger partial charge in [0.05, 0.1) is 11.4 Å². The number of hydrogen-bond donors (Lipinski definition) is 0. The highest BCUT2D eigenvalue weighted by atomic mass is 79.9. The van der Waals surface area contributed by atoms with E-state index < -0.39 is 0 Å². The van der Waals surface area contributed by atoms with E-state index >= 15 is 0 Å². The molecule has 1 heterocycles. The Morgan fingerprint density at radius 3 is 2.68 bits per heavy atom. The van der Waals surface area contributed by atoms with Crippen molar-refractivity contribution in [2.45, 2.75) is 13.0 Å². The number of rotatable bonds is 4. The lowest BCUT2D eigenvalue weighted by atomic mass is 10.1. The first kappa shape index (κ1) is 15.8. The predicted molar refractivity (Wildman–Crippen MR) is 91.4 cm³/mol. The summed E-state index contributed by atoms with van der Waals surface area (Å²) in [6.07, 6.45) is 0.975. The van der Waals surface area contributed by atoms with Gasteiger partial charge in [-0.3, -0.25) is 4.31 Å². The Bertz CT molecular complexity index is 668. The van der Waals surface area contributed by atoms with Crippen LogP contribution in [0.1, 0.15) is 12.0 Å². The Hall–Kier alpha value is -1.11. The minimum Gasteiger partial charge on any atom is -0.268 e. The van der Waals surface area contributed by atoms with Crippen LogP contribution in [0.5, 0.6) is 0 Å². The Morgan fingerprint density at radius 1 is 1.09 bits per heavy atom. The minimum absolute atomic E-state index is 0.264. The van der Waals surface area contributed by atoms with Gasteiger partial charge in [0.1, 0.15) is 11.6 Å². The molecule has 0 bridgehead atoms. The molecule has 0 unspecified atom stereocenters. The molecule has 0 atom stereocenters. The molecule has 2 nitrogen and oxygen atoms in total. The van der Waals surface area contributed by atoms with E-state index in [0.717, 1.165) is 29.5 Å². The largest absolute Gasteiger partial charge is 0.268 e. The van der Waals surface area contributed by atoms with E-state index in [1.54, 1.807) is 24.3 Å². The van der Waals surface area contributed by atoms with Gasteiger partial charge in [0.15, 0.2) is 0 Å². The van der Waals surface area contributed by atoms with Crippen LogP contribution in [0.15, 0.2) is 42.5 Å². The van der Waals surface area contributed by atoms with Crippen molar-refractivity contribution in [3.8, 4) is 0 Å². The molecular weight excluding hydrogens is 370 g/mol. The summed E-state index contributed by atoms with van der Waals surface area (Å²) < 4.78 is 31.7. The summed E-state index contributed by atoms with van der Waals surface area (Å²) >= 11 is 4.89. The van der Waals surface area contributed by atoms with Gasteiger partial charge in [0, 0.05) is 30.6 Å². The van der Waals surface area contributed by atoms with E-state index in [1.807, 2.05) is 4.31 Å². The van der Waals surface area contributed by atoms with Crippen LogP contribution in [-0.2, 0) is 6.54 Å². The normalized spacial score (nSPS) is 15.0. The van der Waals surface area contributed by atoms with Crippen molar-refractivity contribution in [1.82, 2.24) is 4.31 Å². The summed E-state index contributed by atoms with van der Waals surface area (Å²) in [6, 6.07) is 11.3. The van der Waals surface area contributed by atoms with Gasteiger partial charge in [-0.05, 0) is 42.3 Å². The van der Waals surface area contributed by atoms with Crippen LogP contribution < -0.4 is 4.31 Å². The van der Waals surface area contributed by atoms with Gasteiger partial charge in [0.2, 0.25) is 0 Å². The van der Waals surface area contributed by atoms with Crippen molar-refractivity contribution in [3.63, 3.8) is 0 Å². The zero-order valence-corrected chi connectivity index (χ0v) is 14.2. The number of hydrogen-bond acceptors (Lipinski definition) is 3. The fourth-order valence-electron chi connectivity index (χ4n) is 2.40. The molecule has 0 N–H and O–H groups in total. The highest BCUT2D eigenvalue weighted by molar-refractivity contribution is 9.09. The van der Waals surface area contributed by atoms with Crippen molar-refractivity contribution in [3.05, 3.63) is 59.7 Å². The molecule has 6 heteroatoms. The highest BCUT2D eigenvalue weighted by Crippen LogP contribution is 2.42. The summed E-state index contributed by atoms with van der Waals surface area (Å²) in [5, 5.41) is 0.903. The van der Waals surface area contributed by atoms with Crippen molar-refractivity contribution in [2.24, 2.45) is 0 Å². The van der Waals surface area contributed by atoms with Gasteiger partial charge >= 0.3 is 0 Å². The molecule has 3 rings (SSSR count). The SMILES string of the molecule is Fc1ccc2c(c1)CN(CCCBr)SN2c1ccccc1F. The summed E-state index contributed by atoms with van der Waals surface area (Å²) in [5.74, 6) is -0.549. The second kappa shape index (κ2) is 6.98. The summed E-state index contributed by atoms with van der Waals surface area (Å²) in [6.45, 7) is 1.49. The maximum atomic E-state index is 14.2. The molecule has 0 fully saturated rings. The van der Waals surface area contributed by atoms with Crippen molar-refractivity contribution >= 4 is 39.4 Å². The van der Waals surface area contributed by atoms with Gasteiger partial charge in [0.25, 0.3) is 0 Å². The molecule has 0 radical (unpaired) electrons. The number of benzene rings is 2. The maximum absolute atomic E-state index is 14.2. The van der Waals surface area contributed by atoms with E-state index in [0.29, 0.717) is 12.2 Å². The van der Waals surface area contributed by atoms with E-state index in [4.69, 9.17) is 0 Å². The van der Waals surface area contributed by atoms with Crippen molar-refractivity contribution in [2.75, 3.05) is 16.2 Å². The quantitative estimate of drug-likeness (QED) is 0.523. The first-order valence-electron chi connectivity index (χ1n) is 7.01. The van der Waals surface area contributed by atoms with Crippen LogP contribution in [0.4, 0.5) is 20.2 Å². The Balaban J connectivity index is 1.99. The highest BCUT2D eigenvalue weighted by Gasteiger charge is 2.26. The second-order valence-corrected chi connectivity index (χ2v) is 6.84. The van der Waals surface area contributed by atoms with Gasteiger partial charge in [-0.25, -0.2) is 13.1 Å². The van der Waals surface area contributed by atoms with Gasteiger partial charge < -0.3 is 0 Å². The molecule has 0 saturated heterocycles. The Labute approximate surface area is 141 Å². The number of alkyl halides is 1. The van der Waals surface area contributed by atoms with Crippen LogP contribution in [0.2, 0.25) is 0 Å². The maximum Gasteiger partial charge on any atom is 0.147 e. The molecule has 1 aliphatic rings. The third-order valence-electron chi connectivity index (χ3n) is 3.42. The number of fused-ring (bicyclic) bond motifs is 1. The van der Waals surface area contributed by atoms with E-state index in [9.17, 15) is 8.78 Å². The average molecular weight is 385 g/mol. The number of halogens is 3. The Morgan fingerprint density at radius 2 is 1.91 bits per heavy atom. The van der Waals surface area contributed by atoms with E-state index in [1.165, 1.54) is 30.3 Å². The first-order chi connectivity index (χ1) is 10.7. The number of para-hydroxylation sites is 1. The predicted octanol–water partition coefficient (Wildman–Crippen LogP) is 5.27. The summed E-state index contributed by atoms with van der Waals surface area (Å²) in [4.78, 5) is 0. The molecular formula is C16H15BrF2N2S. The number of nitrogens with zero attached hydrogens (tertiary/aromatic N) is 2. The van der Waals surface area contributed by atoms with E-state index in [-0.39, 0.29) is 11.6 Å². The lowest BCUT2D eigenvalue weighted by Gasteiger charge is -2.36. The summed E-state index contributed by atoms with van der Waals surface area (Å²) in [7, 11) is 0. The van der Waals surface area contributed by atoms with Crippen LogP contribution in [0, 0.1) is 11.6 Å². The molecule has 0 spiro atoms. The van der Waals surface area contributed by atoms with Gasteiger partial charge in [-0.1, -0.05) is 28.1 Å². The molecule has 1 aliphatic heterocycles. The fourth-order valence-corrected chi connectivity index (χ4v) is 3.79. The van der Waals surface area contributed by atoms with Crippen LogP contribution in [-0.4, -0.2) is 16.2 Å². The molecule has 0 saturated carbocycles. The molecule has 0 aromatic heterocycles. The lowest BCUT2D eigenvalue weighted by molar-refractivity contribution is 0.460. The van der Waals surface area contributed by atoms with Crippen LogP contribution >= 0.6 is 28.1 Å². The smallest absolute Gasteiger partial charge is 0.147 e. The zero-order chi connectivity index (χ0) is 15.5. The molecule has 2 aromatic carbocycles.